The highest BCUT2D eigenvalue weighted by Gasteiger charge is 2.08. The summed E-state index contributed by atoms with van der Waals surface area (Å²) in [4.78, 5) is 1.08. The van der Waals surface area contributed by atoms with Crippen LogP contribution in [0.3, 0.4) is 0 Å². The Hall–Kier alpha value is -0.420. The lowest BCUT2D eigenvalue weighted by Crippen LogP contribution is -1.99. The molecule has 0 amide bonds. The van der Waals surface area contributed by atoms with E-state index in [0.29, 0.717) is 5.82 Å². The summed E-state index contributed by atoms with van der Waals surface area (Å²) in [6, 6.07) is 0. The lowest BCUT2D eigenvalue weighted by Gasteiger charge is -2.03. The van der Waals surface area contributed by atoms with Crippen molar-refractivity contribution in [1.29, 1.82) is 0 Å². The second-order valence-electron chi connectivity index (χ2n) is 2.71. The van der Waals surface area contributed by atoms with Gasteiger partial charge in [0, 0.05) is 6.54 Å². The molecule has 0 fully saturated rings. The van der Waals surface area contributed by atoms with Crippen LogP contribution in [0.25, 0.3) is 0 Å². The van der Waals surface area contributed by atoms with E-state index in [-0.39, 0.29) is 0 Å². The third-order valence-corrected chi connectivity index (χ3v) is 3.46. The van der Waals surface area contributed by atoms with Crippen LogP contribution in [0.1, 0.15) is 19.8 Å². The number of hydrogen-bond donors (Lipinski definition) is 2. The van der Waals surface area contributed by atoms with Crippen LogP contribution >= 0.6 is 23.3 Å². The Bertz CT molecular complexity index is 260. The standard InChI is InChI=1S/C8H15N3S2/c1-3-4-5-10-8-6(12-2)7(9)11-13-8/h10H,3-5H2,1-2H3,(H2,9,11). The molecule has 0 spiro atoms. The van der Waals surface area contributed by atoms with Crippen molar-refractivity contribution >= 4 is 34.1 Å². The lowest BCUT2D eigenvalue weighted by molar-refractivity contribution is 0.834. The number of rotatable bonds is 5. The molecule has 0 saturated heterocycles. The molecule has 5 heteroatoms. The minimum Gasteiger partial charge on any atom is -0.382 e. The Morgan fingerprint density at radius 2 is 2.38 bits per heavy atom. The molecule has 0 aliphatic carbocycles. The molecule has 3 nitrogen and oxygen atoms in total. The van der Waals surface area contributed by atoms with E-state index in [1.807, 2.05) is 6.26 Å². The topological polar surface area (TPSA) is 50.9 Å². The van der Waals surface area contributed by atoms with Crippen LogP contribution in [0.5, 0.6) is 0 Å². The van der Waals surface area contributed by atoms with E-state index < -0.39 is 0 Å². The predicted octanol–water partition coefficient (Wildman–Crippen LogP) is 2.66. The number of nitrogens with one attached hydrogen (secondary N) is 1. The van der Waals surface area contributed by atoms with Crippen molar-refractivity contribution in [2.24, 2.45) is 0 Å². The molecule has 0 atom stereocenters. The summed E-state index contributed by atoms with van der Waals surface area (Å²) in [5.41, 5.74) is 5.69. The fourth-order valence-corrected chi connectivity index (χ4v) is 2.55. The van der Waals surface area contributed by atoms with Crippen LogP contribution in [0.2, 0.25) is 0 Å². The molecule has 0 unspecified atom stereocenters. The van der Waals surface area contributed by atoms with Crippen LogP contribution in [0.4, 0.5) is 10.8 Å². The van der Waals surface area contributed by atoms with E-state index in [1.54, 1.807) is 11.8 Å². The van der Waals surface area contributed by atoms with Gasteiger partial charge in [-0.15, -0.1) is 11.8 Å². The third-order valence-electron chi connectivity index (χ3n) is 1.69. The monoisotopic (exact) mass is 217 g/mol. The number of hydrogen-bond acceptors (Lipinski definition) is 5. The Kier molecular flexibility index (Phi) is 4.38. The second-order valence-corrected chi connectivity index (χ2v) is 4.30. The van der Waals surface area contributed by atoms with Gasteiger partial charge in [-0.05, 0) is 24.2 Å². The third kappa shape index (κ3) is 2.77. The van der Waals surface area contributed by atoms with Gasteiger partial charge in [-0.1, -0.05) is 13.3 Å². The lowest BCUT2D eigenvalue weighted by atomic mass is 10.3. The smallest absolute Gasteiger partial charge is 0.153 e. The maximum Gasteiger partial charge on any atom is 0.153 e. The van der Waals surface area contributed by atoms with Gasteiger partial charge in [0.1, 0.15) is 5.00 Å². The van der Waals surface area contributed by atoms with Gasteiger partial charge in [0.25, 0.3) is 0 Å². The molecule has 0 aliphatic heterocycles. The molecule has 1 aromatic heterocycles. The summed E-state index contributed by atoms with van der Waals surface area (Å²) < 4.78 is 4.10. The van der Waals surface area contributed by atoms with Crippen LogP contribution < -0.4 is 11.1 Å². The molecule has 0 aromatic carbocycles. The number of nitrogen functional groups attached to an aromatic ring is 1. The van der Waals surface area contributed by atoms with Crippen molar-refractivity contribution in [3.8, 4) is 0 Å². The number of thioether (sulfide) groups is 1. The first kappa shape index (κ1) is 10.7. The van der Waals surface area contributed by atoms with E-state index in [1.165, 1.54) is 24.4 Å². The fraction of sp³-hybridized carbons (Fsp3) is 0.625. The van der Waals surface area contributed by atoms with Gasteiger partial charge in [0.2, 0.25) is 0 Å². The Balaban J connectivity index is 2.55. The summed E-state index contributed by atoms with van der Waals surface area (Å²) in [5, 5.41) is 4.45. The maximum absolute atomic E-state index is 5.69. The molecule has 0 aliphatic rings. The molecular formula is C8H15N3S2. The zero-order chi connectivity index (χ0) is 9.68. The summed E-state index contributed by atoms with van der Waals surface area (Å²) in [6.07, 6.45) is 4.41. The van der Waals surface area contributed by atoms with E-state index in [9.17, 15) is 0 Å². The van der Waals surface area contributed by atoms with Crippen molar-refractivity contribution in [2.75, 3.05) is 23.9 Å². The zero-order valence-electron chi connectivity index (χ0n) is 7.96. The molecule has 0 saturated carbocycles. The van der Waals surface area contributed by atoms with Crippen molar-refractivity contribution in [2.45, 2.75) is 24.7 Å². The summed E-state index contributed by atoms with van der Waals surface area (Å²) in [5.74, 6) is 0.650. The number of unbranched alkanes of at least 4 members (excludes halogenated alkanes) is 1. The van der Waals surface area contributed by atoms with Crippen LogP contribution in [-0.4, -0.2) is 17.2 Å². The number of aromatic nitrogens is 1. The van der Waals surface area contributed by atoms with Crippen molar-refractivity contribution < 1.29 is 0 Å². The highest BCUT2D eigenvalue weighted by atomic mass is 32.2. The van der Waals surface area contributed by atoms with Gasteiger partial charge in [0.15, 0.2) is 5.82 Å². The number of nitrogens with two attached hydrogens (primary N) is 1. The molecule has 0 radical (unpaired) electrons. The van der Waals surface area contributed by atoms with E-state index in [4.69, 9.17) is 5.73 Å². The first-order valence-electron chi connectivity index (χ1n) is 4.32. The minimum absolute atomic E-state index is 0.650. The van der Waals surface area contributed by atoms with Crippen LogP contribution in [0, 0.1) is 0 Å². The Morgan fingerprint density at radius 1 is 1.62 bits per heavy atom. The van der Waals surface area contributed by atoms with Crippen LogP contribution in [-0.2, 0) is 0 Å². The van der Waals surface area contributed by atoms with Gasteiger partial charge in [-0.3, -0.25) is 0 Å². The number of nitrogens with zero attached hydrogens (tertiary/aromatic N) is 1. The Labute approximate surface area is 87.3 Å². The van der Waals surface area contributed by atoms with Crippen LogP contribution in [0.15, 0.2) is 4.90 Å². The molecule has 1 heterocycles. The van der Waals surface area contributed by atoms with E-state index in [2.05, 4.69) is 16.6 Å². The average molecular weight is 217 g/mol. The molecule has 74 valence electrons. The summed E-state index contributed by atoms with van der Waals surface area (Å²) in [6.45, 7) is 3.18. The van der Waals surface area contributed by atoms with Gasteiger partial charge >= 0.3 is 0 Å². The quantitative estimate of drug-likeness (QED) is 0.588. The minimum atomic E-state index is 0.650. The normalized spacial score (nSPS) is 10.3. The highest BCUT2D eigenvalue weighted by molar-refractivity contribution is 7.99. The maximum atomic E-state index is 5.69. The van der Waals surface area contributed by atoms with Gasteiger partial charge in [0.05, 0.1) is 4.90 Å². The van der Waals surface area contributed by atoms with Crippen molar-refractivity contribution in [1.82, 2.24) is 4.37 Å². The fourth-order valence-electron chi connectivity index (χ4n) is 0.983. The van der Waals surface area contributed by atoms with Gasteiger partial charge in [-0.25, -0.2) is 0 Å². The first-order chi connectivity index (χ1) is 6.29. The molecular weight excluding hydrogens is 202 g/mol. The van der Waals surface area contributed by atoms with Crippen molar-refractivity contribution in [3.63, 3.8) is 0 Å². The Morgan fingerprint density at radius 3 is 3.00 bits per heavy atom. The molecule has 1 aromatic rings. The predicted molar refractivity (Wildman–Crippen MR) is 61.7 cm³/mol. The number of anilines is 2. The average Bonchev–Trinajstić information content (AvgIpc) is 2.47. The second kappa shape index (κ2) is 5.34. The van der Waals surface area contributed by atoms with E-state index in [0.717, 1.165) is 16.4 Å². The van der Waals surface area contributed by atoms with E-state index >= 15 is 0 Å². The summed E-state index contributed by atoms with van der Waals surface area (Å²) in [7, 11) is 0. The van der Waals surface area contributed by atoms with Gasteiger partial charge < -0.3 is 11.1 Å². The zero-order valence-corrected chi connectivity index (χ0v) is 9.60. The molecule has 0 bridgehead atoms. The first-order valence-corrected chi connectivity index (χ1v) is 6.32. The molecule has 1 rings (SSSR count). The molecule has 13 heavy (non-hydrogen) atoms. The molecule has 3 N–H and O–H groups in total. The summed E-state index contributed by atoms with van der Waals surface area (Å²) >= 11 is 3.09. The van der Waals surface area contributed by atoms with Crippen molar-refractivity contribution in [3.05, 3.63) is 0 Å². The highest BCUT2D eigenvalue weighted by Crippen LogP contribution is 2.34. The van der Waals surface area contributed by atoms with Gasteiger partial charge in [-0.2, -0.15) is 4.37 Å². The SMILES string of the molecule is CCCCNc1snc(N)c1SC. The largest absolute Gasteiger partial charge is 0.382 e.